The topological polar surface area (TPSA) is 59.4 Å². The summed E-state index contributed by atoms with van der Waals surface area (Å²) < 4.78 is 6.89. The summed E-state index contributed by atoms with van der Waals surface area (Å²) in [6.45, 7) is 0.480. The lowest BCUT2D eigenvalue weighted by atomic mass is 10.1. The lowest BCUT2D eigenvalue weighted by Crippen LogP contribution is -2.00. The molecule has 0 aliphatic heterocycles. The summed E-state index contributed by atoms with van der Waals surface area (Å²) in [5, 5.41) is 11.3. The number of halogens is 1. The average molecular weight is 404 g/mol. The summed E-state index contributed by atoms with van der Waals surface area (Å²) in [7, 11) is 0. The van der Waals surface area contributed by atoms with Gasteiger partial charge in [0.15, 0.2) is 5.69 Å². The predicted octanol–water partition coefficient (Wildman–Crippen LogP) is 4.77. The standard InChI is InChI=1S/C18H14BrNO3S/c19-14-6-7-16(23-10-12-4-2-1-3-5-12)13(8-14)9-17-20-15(11-24-17)18(21)22/h1-8,11H,9-10H2,(H,21,22). The zero-order valence-corrected chi connectivity index (χ0v) is 15.0. The van der Waals surface area contributed by atoms with Crippen molar-refractivity contribution in [3.63, 3.8) is 0 Å². The van der Waals surface area contributed by atoms with E-state index in [2.05, 4.69) is 20.9 Å². The van der Waals surface area contributed by atoms with Crippen molar-refractivity contribution < 1.29 is 14.6 Å². The van der Waals surface area contributed by atoms with E-state index in [-0.39, 0.29) is 5.69 Å². The van der Waals surface area contributed by atoms with E-state index in [4.69, 9.17) is 9.84 Å². The first kappa shape index (κ1) is 16.7. The minimum atomic E-state index is -1.01. The summed E-state index contributed by atoms with van der Waals surface area (Å²) in [6.07, 6.45) is 0.529. The van der Waals surface area contributed by atoms with Crippen LogP contribution in [0, 0.1) is 0 Å². The Labute approximate surface area is 151 Å². The number of carbonyl (C=O) groups is 1. The van der Waals surface area contributed by atoms with Gasteiger partial charge >= 0.3 is 5.97 Å². The Balaban J connectivity index is 1.78. The second kappa shape index (κ2) is 7.59. The van der Waals surface area contributed by atoms with Crippen LogP contribution in [0.5, 0.6) is 5.75 Å². The molecule has 6 heteroatoms. The van der Waals surface area contributed by atoms with Gasteiger partial charge in [-0.2, -0.15) is 0 Å². The van der Waals surface area contributed by atoms with Gasteiger partial charge in [0.05, 0.1) is 5.01 Å². The van der Waals surface area contributed by atoms with Gasteiger partial charge in [-0.3, -0.25) is 0 Å². The first-order chi connectivity index (χ1) is 11.6. The lowest BCUT2D eigenvalue weighted by Gasteiger charge is -2.11. The minimum absolute atomic E-state index is 0.0803. The molecule has 0 amide bonds. The van der Waals surface area contributed by atoms with Gasteiger partial charge < -0.3 is 9.84 Å². The third kappa shape index (κ3) is 4.21. The zero-order chi connectivity index (χ0) is 16.9. The van der Waals surface area contributed by atoms with Gasteiger partial charge in [0.1, 0.15) is 12.4 Å². The number of hydrogen-bond acceptors (Lipinski definition) is 4. The molecular weight excluding hydrogens is 390 g/mol. The quantitative estimate of drug-likeness (QED) is 0.643. The number of aromatic carboxylic acids is 1. The molecule has 0 saturated carbocycles. The molecule has 3 rings (SSSR count). The highest BCUT2D eigenvalue weighted by molar-refractivity contribution is 9.10. The van der Waals surface area contributed by atoms with Crippen LogP contribution < -0.4 is 4.74 Å². The zero-order valence-electron chi connectivity index (χ0n) is 12.6. The Hall–Kier alpha value is -2.18. The van der Waals surface area contributed by atoms with E-state index < -0.39 is 5.97 Å². The Morgan fingerprint density at radius 1 is 1.21 bits per heavy atom. The summed E-state index contributed by atoms with van der Waals surface area (Å²) in [4.78, 5) is 15.1. The largest absolute Gasteiger partial charge is 0.489 e. The third-order valence-electron chi connectivity index (χ3n) is 3.37. The Morgan fingerprint density at radius 2 is 2.00 bits per heavy atom. The van der Waals surface area contributed by atoms with E-state index in [9.17, 15) is 4.79 Å². The van der Waals surface area contributed by atoms with Crippen LogP contribution in [-0.2, 0) is 13.0 Å². The van der Waals surface area contributed by atoms with E-state index in [0.29, 0.717) is 13.0 Å². The molecule has 0 radical (unpaired) electrons. The number of carboxylic acids is 1. The molecule has 0 aliphatic rings. The predicted molar refractivity (Wildman–Crippen MR) is 96.8 cm³/mol. The Bertz CT molecular complexity index is 848. The molecule has 0 atom stereocenters. The molecule has 3 aromatic rings. The fourth-order valence-corrected chi connectivity index (χ4v) is 3.42. The van der Waals surface area contributed by atoms with Crippen LogP contribution in [-0.4, -0.2) is 16.1 Å². The maximum atomic E-state index is 11.0. The molecule has 0 bridgehead atoms. The molecule has 0 spiro atoms. The molecule has 0 fully saturated rings. The maximum absolute atomic E-state index is 11.0. The second-order valence-corrected chi connectivity index (χ2v) is 6.99. The van der Waals surface area contributed by atoms with Crippen LogP contribution in [0.15, 0.2) is 58.4 Å². The van der Waals surface area contributed by atoms with Crippen molar-refractivity contribution in [3.8, 4) is 5.75 Å². The summed E-state index contributed by atoms with van der Waals surface area (Å²) in [5.41, 5.74) is 2.14. The molecule has 122 valence electrons. The van der Waals surface area contributed by atoms with Crippen LogP contribution >= 0.6 is 27.3 Å². The second-order valence-electron chi connectivity index (χ2n) is 5.13. The number of carboxylic acid groups (broad SMARTS) is 1. The highest BCUT2D eigenvalue weighted by Gasteiger charge is 2.12. The first-order valence-electron chi connectivity index (χ1n) is 7.24. The molecular formula is C18H14BrNO3S. The van der Waals surface area contributed by atoms with Crippen LogP contribution in [0.25, 0.3) is 0 Å². The van der Waals surface area contributed by atoms with Crippen molar-refractivity contribution >= 4 is 33.2 Å². The van der Waals surface area contributed by atoms with Gasteiger partial charge in [-0.05, 0) is 23.8 Å². The summed E-state index contributed by atoms with van der Waals surface area (Å²) in [6, 6.07) is 15.8. The molecule has 0 unspecified atom stereocenters. The molecule has 2 aromatic carbocycles. The molecule has 1 heterocycles. The molecule has 4 nitrogen and oxygen atoms in total. The highest BCUT2D eigenvalue weighted by atomic mass is 79.9. The lowest BCUT2D eigenvalue weighted by molar-refractivity contribution is 0.0691. The Morgan fingerprint density at radius 3 is 2.71 bits per heavy atom. The normalized spacial score (nSPS) is 10.5. The van der Waals surface area contributed by atoms with Crippen LogP contribution in [0.1, 0.15) is 26.6 Å². The monoisotopic (exact) mass is 403 g/mol. The highest BCUT2D eigenvalue weighted by Crippen LogP contribution is 2.27. The number of hydrogen-bond donors (Lipinski definition) is 1. The number of ether oxygens (including phenoxy) is 1. The Kier molecular flexibility index (Phi) is 5.27. The molecule has 24 heavy (non-hydrogen) atoms. The number of nitrogens with zero attached hydrogens (tertiary/aromatic N) is 1. The number of aromatic nitrogens is 1. The fraction of sp³-hybridized carbons (Fsp3) is 0.111. The van der Waals surface area contributed by atoms with Crippen molar-refractivity contribution in [2.24, 2.45) is 0 Å². The van der Waals surface area contributed by atoms with Crippen LogP contribution in [0.2, 0.25) is 0 Å². The van der Waals surface area contributed by atoms with Gasteiger partial charge in [0.25, 0.3) is 0 Å². The van der Waals surface area contributed by atoms with Gasteiger partial charge in [0, 0.05) is 21.8 Å². The van der Waals surface area contributed by atoms with Crippen LogP contribution in [0.4, 0.5) is 0 Å². The number of benzene rings is 2. The number of rotatable bonds is 6. The molecule has 1 N–H and O–H groups in total. The van der Waals surface area contributed by atoms with Crippen molar-refractivity contribution in [2.75, 3.05) is 0 Å². The molecule has 0 saturated heterocycles. The van der Waals surface area contributed by atoms with E-state index >= 15 is 0 Å². The van der Waals surface area contributed by atoms with Gasteiger partial charge in [-0.15, -0.1) is 11.3 Å². The summed E-state index contributed by atoms with van der Waals surface area (Å²) in [5.74, 6) is -0.235. The van der Waals surface area contributed by atoms with Crippen molar-refractivity contribution in [3.05, 3.63) is 80.2 Å². The third-order valence-corrected chi connectivity index (χ3v) is 4.71. The molecule has 0 aliphatic carbocycles. The van der Waals surface area contributed by atoms with Crippen molar-refractivity contribution in [1.82, 2.24) is 4.98 Å². The SMILES string of the molecule is O=C(O)c1csc(Cc2cc(Br)ccc2OCc2ccccc2)n1. The van der Waals surface area contributed by atoms with E-state index in [0.717, 1.165) is 26.4 Å². The van der Waals surface area contributed by atoms with E-state index in [1.54, 1.807) is 5.38 Å². The van der Waals surface area contributed by atoms with Gasteiger partial charge in [-0.25, -0.2) is 9.78 Å². The molecule has 1 aromatic heterocycles. The fourth-order valence-electron chi connectivity index (χ4n) is 2.22. The minimum Gasteiger partial charge on any atom is -0.489 e. The van der Waals surface area contributed by atoms with Crippen molar-refractivity contribution in [2.45, 2.75) is 13.0 Å². The number of thiazole rings is 1. The average Bonchev–Trinajstić information content (AvgIpc) is 3.04. The van der Waals surface area contributed by atoms with Gasteiger partial charge in [-0.1, -0.05) is 46.3 Å². The van der Waals surface area contributed by atoms with Gasteiger partial charge in [0.2, 0.25) is 0 Å². The van der Waals surface area contributed by atoms with Crippen molar-refractivity contribution in [1.29, 1.82) is 0 Å². The van der Waals surface area contributed by atoms with Crippen LogP contribution in [0.3, 0.4) is 0 Å². The van der Waals surface area contributed by atoms with E-state index in [1.165, 1.54) is 11.3 Å². The maximum Gasteiger partial charge on any atom is 0.355 e. The first-order valence-corrected chi connectivity index (χ1v) is 8.92. The smallest absolute Gasteiger partial charge is 0.355 e. The summed E-state index contributed by atoms with van der Waals surface area (Å²) >= 11 is 4.81. The van der Waals surface area contributed by atoms with E-state index in [1.807, 2.05) is 48.5 Å².